The summed E-state index contributed by atoms with van der Waals surface area (Å²) in [5.74, 6) is -18.6. The van der Waals surface area contributed by atoms with Gasteiger partial charge in [-0.05, 0) is 104 Å². The first-order valence-electron chi connectivity index (χ1n) is 46.0. The molecule has 137 heavy (non-hydrogen) atoms. The molecule has 0 spiro atoms. The second kappa shape index (κ2) is 50.9. The third-order valence-electron chi connectivity index (χ3n) is 24.6. The molecule has 0 saturated carbocycles. The van der Waals surface area contributed by atoms with Gasteiger partial charge in [-0.2, -0.15) is 0 Å². The highest BCUT2D eigenvalue weighted by molar-refractivity contribution is 8.00. The number of nitrogens with zero attached hydrogens (tertiary/aromatic N) is 6. The Labute approximate surface area is 797 Å². The molecule has 4 aromatic carbocycles. The molecule has 17 amide bonds. The van der Waals surface area contributed by atoms with Crippen LogP contribution >= 0.6 is 11.8 Å². The van der Waals surface area contributed by atoms with Crippen molar-refractivity contribution in [2.24, 2.45) is 28.9 Å². The molecule has 742 valence electrons. The topological polar surface area (TPSA) is 629 Å². The number of nitrogens with two attached hydrogens (primary N) is 4. The van der Waals surface area contributed by atoms with E-state index in [0.717, 1.165) is 36.3 Å². The second-order valence-electron chi connectivity index (χ2n) is 35.4. The van der Waals surface area contributed by atoms with E-state index in [2.05, 4.69) is 58.2 Å². The fourth-order valence-electron chi connectivity index (χ4n) is 17.2. The van der Waals surface area contributed by atoms with Crippen LogP contribution in [0.2, 0.25) is 0 Å². The van der Waals surface area contributed by atoms with Crippen molar-refractivity contribution >= 4 is 140 Å². The Morgan fingerprint density at radius 3 is 1.72 bits per heavy atom. The number of aliphatic hydroxyl groups excluding tert-OH is 1. The van der Waals surface area contributed by atoms with Gasteiger partial charge in [0, 0.05) is 113 Å². The van der Waals surface area contributed by atoms with E-state index in [4.69, 9.17) is 22.9 Å². The van der Waals surface area contributed by atoms with Gasteiger partial charge in [-0.15, -0.1) is 11.8 Å². The zero-order chi connectivity index (χ0) is 100. The molecule has 6 aromatic rings. The predicted octanol–water partition coefficient (Wildman–Crippen LogP) is -2.04. The largest absolute Gasteiger partial charge is 0.508 e. The minimum atomic E-state index is -1.78. The number of hydrogen-bond acceptors (Lipinski definition) is 23. The zero-order valence-corrected chi connectivity index (χ0v) is 79.1. The fourth-order valence-corrected chi connectivity index (χ4v) is 18.0. The average Bonchev–Trinajstić information content (AvgIpc) is 1.70. The van der Waals surface area contributed by atoms with Gasteiger partial charge in [0.2, 0.25) is 100 Å². The molecule has 0 bridgehead atoms. The third kappa shape index (κ3) is 29.5. The van der Waals surface area contributed by atoms with Crippen LogP contribution < -0.4 is 76.1 Å². The van der Waals surface area contributed by atoms with Gasteiger partial charge in [-0.1, -0.05) is 132 Å². The van der Waals surface area contributed by atoms with Crippen molar-refractivity contribution in [2.45, 2.75) is 235 Å². The van der Waals surface area contributed by atoms with E-state index in [1.165, 1.54) is 63.1 Å². The standard InChI is InChI=1S/C94H129N21O21S/c1-9-11-26-73-87(129)103-64(37-52(3)4)84(126)109-71(82(124)100-46-78(98)119)50-137-51-79(120)101-66(39-55-30-32-58(116)33-31-55)90(132)110(6)53(5)81(123)105-69(43-77(97)118)92(134)114-36-20-29-74(114)88(130)108-70(44-96)86(128)106-67(38-54-21-14-13-15-22-54)93(135)115-48-59(117)42-76(115)89(131)104-65(40-56-45-99-62-25-18-16-23-60(56)62)85(127)102-63(34-35-95)83(125)107-68(91(133)112(8)75(27-12-10-2)94(136)111(73)7)41-57-47-113(49-80(121)122)72-28-19-17-24-61(57)72/h13-19,21-25,28,30-33,45,47,52-53,59,63-71,73-76,99,116-117H,9-12,20,26-27,29,34-44,46,48-51,95-96H2,1-8H3,(H2,97,118)(H2,98,119)(H,100,124)(H,101,120)(H,102,127)(H,103,129)(H,104,131)(H,105,123)(H,106,128)(H,107,125)(H,108,130)(H,109,126)(H,121,122)/t53-,59+,63-,64-,65-,66-,67-,68-,69+,70-,71-,73-,74-,75-,76-/m0/s1. The van der Waals surface area contributed by atoms with Crippen LogP contribution in [0.1, 0.15) is 134 Å². The number of aromatic hydroxyl groups is 1. The lowest BCUT2D eigenvalue weighted by molar-refractivity contribution is -0.149. The van der Waals surface area contributed by atoms with Gasteiger partial charge in [-0.3, -0.25) is 86.3 Å². The maximum absolute atomic E-state index is 16.0. The Morgan fingerprint density at radius 2 is 1.07 bits per heavy atom. The first-order valence-corrected chi connectivity index (χ1v) is 47.2. The minimum absolute atomic E-state index is 0.000728. The first kappa shape index (κ1) is 107. The molecular formula is C94H129N21O21S. The summed E-state index contributed by atoms with van der Waals surface area (Å²) in [5, 5.41) is 59.6. The smallest absolute Gasteiger partial charge is 0.323 e. The number of benzene rings is 4. The van der Waals surface area contributed by atoms with E-state index in [0.29, 0.717) is 69.7 Å². The molecule has 3 aliphatic rings. The lowest BCUT2D eigenvalue weighted by atomic mass is 9.99. The van der Waals surface area contributed by atoms with Crippen LogP contribution in [-0.2, 0) is 119 Å². The Kier molecular flexibility index (Phi) is 39.8. The van der Waals surface area contributed by atoms with Crippen molar-refractivity contribution in [1.29, 1.82) is 0 Å². The Bertz CT molecular complexity index is 5330. The number of phenolic OH excluding ortho intramolecular Hbond substituents is 1. The molecule has 15 atom stereocenters. The number of nitrogens with one attached hydrogen (secondary N) is 11. The number of likely N-dealkylation sites (N-methyl/N-ethyl adjacent to an activating group) is 3. The number of carbonyl (C=O) groups is 18. The maximum Gasteiger partial charge on any atom is 0.323 e. The van der Waals surface area contributed by atoms with Gasteiger partial charge in [0.15, 0.2) is 0 Å². The number of amides is 17. The molecule has 22 N–H and O–H groups in total. The lowest BCUT2D eigenvalue weighted by Gasteiger charge is -2.36. The number of hydrogen-bond donors (Lipinski definition) is 18. The molecular weight excluding hydrogens is 1790 g/mol. The second-order valence-corrected chi connectivity index (χ2v) is 36.4. The normalized spacial score (nSPS) is 24.6. The van der Waals surface area contributed by atoms with E-state index in [9.17, 15) is 68.1 Å². The van der Waals surface area contributed by atoms with E-state index >= 15 is 33.6 Å². The van der Waals surface area contributed by atoms with Gasteiger partial charge in [-0.25, -0.2) is 0 Å². The summed E-state index contributed by atoms with van der Waals surface area (Å²) in [7, 11) is 3.91. The van der Waals surface area contributed by atoms with Crippen molar-refractivity contribution in [3.63, 3.8) is 0 Å². The van der Waals surface area contributed by atoms with E-state index < -0.39 is 248 Å². The summed E-state index contributed by atoms with van der Waals surface area (Å²) in [4.78, 5) is 272. The Morgan fingerprint density at radius 1 is 0.533 bits per heavy atom. The molecule has 3 saturated heterocycles. The van der Waals surface area contributed by atoms with Crippen LogP contribution in [0.25, 0.3) is 21.8 Å². The summed E-state index contributed by atoms with van der Waals surface area (Å²) >= 11 is 0.783. The minimum Gasteiger partial charge on any atom is -0.508 e. The number of para-hydroxylation sites is 2. The number of carboxylic acids is 1. The summed E-state index contributed by atoms with van der Waals surface area (Å²) < 4.78 is 1.44. The number of carboxylic acid groups (broad SMARTS) is 1. The number of H-pyrrole nitrogens is 1. The monoisotopic (exact) mass is 1920 g/mol. The SMILES string of the molecule is CCCC[C@H]1C(=O)N(C)[C@@H](CCCC)C(=O)N[C@@H](CC(C)C)C(=O)N[C@H](C(=O)NCC(N)=O)CSCC(=O)N[C@@H](Cc2ccc(O)cc2)C(=O)N(C)[C@@H](C)C(=O)N[C@H](CC(N)=O)C(=O)N2CCC[C@H]2C(=O)N[C@@H](CN)C(=O)N[C@@H](Cc2ccccc2)C(=O)N2C[C@H](O)C[C@H]2C(=O)N[C@@H](Cc2c[nH]c3ccccc23)C(=O)N[C@@H](CCN)C(=O)N[C@@H](Cc2cn(CC(=O)O)c3ccccc23)C(=O)N1C. The van der Waals surface area contributed by atoms with Crippen LogP contribution in [0, 0.1) is 5.92 Å². The van der Waals surface area contributed by atoms with E-state index in [1.807, 2.05) is 13.8 Å². The Hall–Kier alpha value is -13.6. The molecule has 0 unspecified atom stereocenters. The lowest BCUT2D eigenvalue weighted by Crippen LogP contribution is -2.62. The predicted molar refractivity (Wildman–Crippen MR) is 505 cm³/mol. The number of unbranched alkanes of at least 4 members (excludes halogenated alkanes) is 2. The van der Waals surface area contributed by atoms with Crippen LogP contribution in [0.5, 0.6) is 5.75 Å². The van der Waals surface area contributed by atoms with E-state index in [1.54, 1.807) is 98.9 Å². The number of rotatable bonds is 26. The Balaban J connectivity index is 1.12. The number of aromatic amines is 1. The highest BCUT2D eigenvalue weighted by Gasteiger charge is 2.47. The maximum atomic E-state index is 16.0. The highest BCUT2D eigenvalue weighted by atomic mass is 32.2. The molecule has 0 radical (unpaired) electrons. The molecule has 9 rings (SSSR count). The number of primary amides is 2. The quantitative estimate of drug-likeness (QED) is 0.0278. The molecule has 3 fully saturated rings. The van der Waals surface area contributed by atoms with Gasteiger partial charge in [0.05, 0.1) is 24.8 Å². The van der Waals surface area contributed by atoms with Crippen molar-refractivity contribution in [3.8, 4) is 5.75 Å². The van der Waals surface area contributed by atoms with Crippen LogP contribution in [-0.4, -0.2) is 312 Å². The first-order chi connectivity index (χ1) is 65.2. The van der Waals surface area contributed by atoms with Gasteiger partial charge in [0.25, 0.3) is 0 Å². The van der Waals surface area contributed by atoms with Crippen LogP contribution in [0.3, 0.4) is 0 Å². The molecule has 5 heterocycles. The molecule has 42 nitrogen and oxygen atoms in total. The summed E-state index contributed by atoms with van der Waals surface area (Å²) in [6.07, 6.45) is 0.650. The van der Waals surface area contributed by atoms with Crippen LogP contribution in [0.4, 0.5) is 0 Å². The molecule has 2 aromatic heterocycles. The number of carbonyl (C=O) groups excluding carboxylic acids is 17. The number of phenols is 1. The van der Waals surface area contributed by atoms with Crippen molar-refractivity contribution in [2.75, 3.05) is 65.4 Å². The number of aliphatic hydroxyl groups is 1. The van der Waals surface area contributed by atoms with Crippen molar-refractivity contribution in [1.82, 2.24) is 87.2 Å². The van der Waals surface area contributed by atoms with Gasteiger partial charge < -0.3 is 125 Å². The number of aliphatic carboxylic acids is 1. The third-order valence-corrected chi connectivity index (χ3v) is 25.7. The van der Waals surface area contributed by atoms with Crippen LogP contribution in [0.15, 0.2) is 116 Å². The zero-order valence-electron chi connectivity index (χ0n) is 78.3. The average molecular weight is 1920 g/mol. The van der Waals surface area contributed by atoms with Crippen molar-refractivity contribution < 1.29 is 102 Å². The van der Waals surface area contributed by atoms with E-state index in [-0.39, 0.29) is 89.0 Å². The summed E-state index contributed by atoms with van der Waals surface area (Å²) in [6, 6.07) is 5.89. The molecule has 3 aliphatic heterocycles. The van der Waals surface area contributed by atoms with Gasteiger partial charge >= 0.3 is 5.97 Å². The summed E-state index contributed by atoms with van der Waals surface area (Å²) in [6.45, 7) is 5.71. The fraction of sp³-hybridized carbons (Fsp3) is 0.511. The number of fused-ring (bicyclic) bond motifs is 4. The molecule has 43 heteroatoms. The number of aromatic nitrogens is 2. The highest BCUT2D eigenvalue weighted by Crippen LogP contribution is 2.29. The molecule has 0 aliphatic carbocycles. The van der Waals surface area contributed by atoms with Crippen molar-refractivity contribution in [3.05, 3.63) is 138 Å². The summed E-state index contributed by atoms with van der Waals surface area (Å²) in [5.41, 5.74) is 26.5. The number of thioether (sulfide) groups is 1. The van der Waals surface area contributed by atoms with Gasteiger partial charge in [0.1, 0.15) is 96.9 Å².